The van der Waals surface area contributed by atoms with Gasteiger partial charge in [0.05, 0.1) is 11.2 Å². The van der Waals surface area contributed by atoms with Crippen LogP contribution in [-0.2, 0) is 0 Å². The van der Waals surface area contributed by atoms with Crippen LogP contribution in [0, 0.1) is 0 Å². The summed E-state index contributed by atoms with van der Waals surface area (Å²) >= 11 is 3.43. The van der Waals surface area contributed by atoms with Crippen LogP contribution in [0.25, 0.3) is 16.6 Å². The lowest BCUT2D eigenvalue weighted by molar-refractivity contribution is 0.884. The quantitative estimate of drug-likeness (QED) is 0.685. The van der Waals surface area contributed by atoms with E-state index in [4.69, 9.17) is 0 Å². The van der Waals surface area contributed by atoms with Gasteiger partial charge in [0.2, 0.25) is 0 Å². The van der Waals surface area contributed by atoms with Crippen LogP contribution in [0.5, 0.6) is 0 Å². The second-order valence-corrected chi connectivity index (χ2v) is 4.25. The Morgan fingerprint density at radius 1 is 1.19 bits per heavy atom. The Balaban J connectivity index is 2.34. The Morgan fingerprint density at radius 2 is 2.12 bits per heavy atom. The van der Waals surface area contributed by atoms with Crippen LogP contribution in [-0.4, -0.2) is 19.7 Å². The van der Waals surface area contributed by atoms with Crippen molar-refractivity contribution in [3.8, 4) is 5.69 Å². The lowest BCUT2D eigenvalue weighted by atomic mass is 10.2. The summed E-state index contributed by atoms with van der Waals surface area (Å²) in [6, 6.07) is 7.91. The van der Waals surface area contributed by atoms with Crippen LogP contribution in [0.15, 0.2) is 47.6 Å². The molecule has 0 unspecified atom stereocenters. The molecule has 0 N–H and O–H groups in total. The maximum Gasteiger partial charge on any atom is 0.138 e. The lowest BCUT2D eigenvalue weighted by Gasteiger charge is -2.05. The third-order valence-electron chi connectivity index (χ3n) is 2.35. The molecule has 0 saturated carbocycles. The highest BCUT2D eigenvalue weighted by Crippen LogP contribution is 2.22. The van der Waals surface area contributed by atoms with E-state index in [1.807, 2.05) is 24.3 Å². The third-order valence-corrected chi connectivity index (χ3v) is 2.84. The van der Waals surface area contributed by atoms with Gasteiger partial charge >= 0.3 is 0 Å². The molecule has 5 heteroatoms. The molecule has 0 radical (unpaired) electrons. The fourth-order valence-corrected chi connectivity index (χ4v) is 1.99. The Morgan fingerprint density at radius 3 is 2.94 bits per heavy atom. The van der Waals surface area contributed by atoms with Crippen molar-refractivity contribution in [1.82, 2.24) is 19.7 Å². The summed E-state index contributed by atoms with van der Waals surface area (Å²) in [5, 5.41) is 5.18. The number of halogens is 1. The SMILES string of the molecule is Brc1ccc2c(-n3cncn3)ccnc2c1. The highest BCUT2D eigenvalue weighted by molar-refractivity contribution is 9.10. The zero-order valence-corrected chi connectivity index (χ0v) is 9.79. The standard InChI is InChI=1S/C11H7BrN4/c12-8-1-2-9-10(5-8)14-4-3-11(9)16-7-13-6-15-16/h1-7H. The van der Waals surface area contributed by atoms with Crippen LogP contribution in [0.3, 0.4) is 0 Å². The fraction of sp³-hybridized carbons (Fsp3) is 0. The minimum Gasteiger partial charge on any atom is -0.256 e. The Labute approximate surface area is 100 Å². The summed E-state index contributed by atoms with van der Waals surface area (Å²) in [5.74, 6) is 0. The summed E-state index contributed by atoms with van der Waals surface area (Å²) < 4.78 is 2.75. The van der Waals surface area contributed by atoms with Crippen LogP contribution in [0.1, 0.15) is 0 Å². The van der Waals surface area contributed by atoms with E-state index in [0.717, 1.165) is 21.1 Å². The van der Waals surface area contributed by atoms with E-state index in [0.29, 0.717) is 0 Å². The normalized spacial score (nSPS) is 10.8. The molecule has 3 aromatic rings. The van der Waals surface area contributed by atoms with Gasteiger partial charge in [-0.05, 0) is 24.3 Å². The maximum absolute atomic E-state index is 4.32. The number of benzene rings is 1. The van der Waals surface area contributed by atoms with Crippen LogP contribution < -0.4 is 0 Å². The first kappa shape index (κ1) is 9.47. The number of hydrogen-bond acceptors (Lipinski definition) is 3. The van der Waals surface area contributed by atoms with Gasteiger partial charge in [0.15, 0.2) is 0 Å². The van der Waals surface area contributed by atoms with Crippen molar-refractivity contribution in [2.75, 3.05) is 0 Å². The maximum atomic E-state index is 4.32. The van der Waals surface area contributed by atoms with Crippen LogP contribution in [0.4, 0.5) is 0 Å². The van der Waals surface area contributed by atoms with Crippen molar-refractivity contribution in [2.45, 2.75) is 0 Å². The van der Waals surface area contributed by atoms with Gasteiger partial charge in [0, 0.05) is 16.1 Å². The minimum absolute atomic E-state index is 0.933. The van der Waals surface area contributed by atoms with Crippen molar-refractivity contribution < 1.29 is 0 Å². The second-order valence-electron chi connectivity index (χ2n) is 3.33. The summed E-state index contributed by atoms with van der Waals surface area (Å²) in [4.78, 5) is 8.27. The Kier molecular flexibility index (Phi) is 2.18. The Bertz CT molecular complexity index is 634. The van der Waals surface area contributed by atoms with Gasteiger partial charge in [-0.1, -0.05) is 15.9 Å². The molecule has 1 aromatic carbocycles. The highest BCUT2D eigenvalue weighted by atomic mass is 79.9. The first-order valence-corrected chi connectivity index (χ1v) is 5.53. The minimum atomic E-state index is 0.933. The monoisotopic (exact) mass is 274 g/mol. The molecule has 3 rings (SSSR count). The number of hydrogen-bond donors (Lipinski definition) is 0. The molecule has 0 saturated heterocycles. The van der Waals surface area contributed by atoms with Crippen LogP contribution >= 0.6 is 15.9 Å². The molecule has 0 spiro atoms. The summed E-state index contributed by atoms with van der Waals surface area (Å²) in [5.41, 5.74) is 1.91. The van der Waals surface area contributed by atoms with Crippen molar-refractivity contribution >= 4 is 26.8 Å². The lowest BCUT2D eigenvalue weighted by Crippen LogP contribution is -1.96. The summed E-state index contributed by atoms with van der Waals surface area (Å²) in [6.45, 7) is 0. The fourth-order valence-electron chi connectivity index (χ4n) is 1.64. The van der Waals surface area contributed by atoms with E-state index in [2.05, 4.69) is 31.0 Å². The van der Waals surface area contributed by atoms with E-state index in [1.54, 1.807) is 17.2 Å². The largest absolute Gasteiger partial charge is 0.256 e. The number of aromatic nitrogens is 4. The molecule has 2 heterocycles. The van der Waals surface area contributed by atoms with Gasteiger partial charge in [-0.25, -0.2) is 9.67 Å². The van der Waals surface area contributed by atoms with Gasteiger partial charge in [-0.15, -0.1) is 0 Å². The molecule has 78 valence electrons. The van der Waals surface area contributed by atoms with E-state index >= 15 is 0 Å². The van der Waals surface area contributed by atoms with Crippen molar-refractivity contribution in [3.63, 3.8) is 0 Å². The van der Waals surface area contributed by atoms with Crippen LogP contribution in [0.2, 0.25) is 0 Å². The molecule has 0 atom stereocenters. The second kappa shape index (κ2) is 3.68. The molecule has 16 heavy (non-hydrogen) atoms. The van der Waals surface area contributed by atoms with E-state index < -0.39 is 0 Å². The molecule has 0 aliphatic carbocycles. The average Bonchev–Trinajstić information content (AvgIpc) is 2.81. The van der Waals surface area contributed by atoms with E-state index in [-0.39, 0.29) is 0 Å². The van der Waals surface area contributed by atoms with Gasteiger partial charge in [0.25, 0.3) is 0 Å². The predicted octanol–water partition coefficient (Wildman–Crippen LogP) is 2.58. The van der Waals surface area contributed by atoms with E-state index in [1.165, 1.54) is 6.33 Å². The highest BCUT2D eigenvalue weighted by Gasteiger charge is 2.04. The third kappa shape index (κ3) is 1.49. The number of pyridine rings is 1. The van der Waals surface area contributed by atoms with Gasteiger partial charge in [0.1, 0.15) is 12.7 Å². The molecule has 4 nitrogen and oxygen atoms in total. The molecule has 0 fully saturated rings. The van der Waals surface area contributed by atoms with E-state index in [9.17, 15) is 0 Å². The topological polar surface area (TPSA) is 43.6 Å². The first-order valence-electron chi connectivity index (χ1n) is 4.74. The first-order chi connectivity index (χ1) is 7.84. The summed E-state index contributed by atoms with van der Waals surface area (Å²) in [6.07, 6.45) is 4.97. The molecule has 2 aromatic heterocycles. The van der Waals surface area contributed by atoms with Gasteiger partial charge < -0.3 is 0 Å². The van der Waals surface area contributed by atoms with Crippen molar-refractivity contribution in [1.29, 1.82) is 0 Å². The molecular weight excluding hydrogens is 268 g/mol. The molecular formula is C11H7BrN4. The Hall–Kier alpha value is -1.75. The summed E-state index contributed by atoms with van der Waals surface area (Å²) in [7, 11) is 0. The number of fused-ring (bicyclic) bond motifs is 1. The number of rotatable bonds is 1. The van der Waals surface area contributed by atoms with Crippen molar-refractivity contribution in [3.05, 3.63) is 47.6 Å². The number of nitrogens with zero attached hydrogens (tertiary/aromatic N) is 4. The predicted molar refractivity (Wildman–Crippen MR) is 64.4 cm³/mol. The molecule has 0 amide bonds. The van der Waals surface area contributed by atoms with Gasteiger partial charge in [-0.2, -0.15) is 5.10 Å². The molecule has 0 aliphatic rings. The zero-order chi connectivity index (χ0) is 11.0. The zero-order valence-electron chi connectivity index (χ0n) is 8.21. The van der Waals surface area contributed by atoms with Gasteiger partial charge in [-0.3, -0.25) is 4.98 Å². The smallest absolute Gasteiger partial charge is 0.138 e. The average molecular weight is 275 g/mol. The molecule has 0 bridgehead atoms. The van der Waals surface area contributed by atoms with Crippen molar-refractivity contribution in [2.24, 2.45) is 0 Å². The molecule has 0 aliphatic heterocycles.